The smallest absolute Gasteiger partial charge is 0.337 e. The molecule has 0 N–H and O–H groups in total. The first-order valence-corrected chi connectivity index (χ1v) is 9.85. The predicted molar refractivity (Wildman–Crippen MR) is 85.0 cm³/mol. The van der Waals surface area contributed by atoms with Crippen molar-refractivity contribution in [3.8, 4) is 0 Å². The van der Waals surface area contributed by atoms with E-state index < -0.39 is 13.1 Å². The van der Waals surface area contributed by atoms with Crippen LogP contribution in [-0.4, -0.2) is 42.1 Å². The lowest BCUT2D eigenvalue weighted by molar-refractivity contribution is 0.0601. The normalized spacial score (nSPS) is 11.8. The fraction of sp³-hybridized carbons (Fsp3) is 0.429. The van der Waals surface area contributed by atoms with Crippen LogP contribution in [0, 0.1) is 0 Å². The number of imidazole rings is 1. The van der Waals surface area contributed by atoms with Crippen molar-refractivity contribution in [1.29, 1.82) is 0 Å². The third-order valence-electron chi connectivity index (χ3n) is 3.23. The van der Waals surface area contributed by atoms with Crippen molar-refractivity contribution in [2.45, 2.75) is 12.4 Å². The summed E-state index contributed by atoms with van der Waals surface area (Å²) in [6, 6.07) is 5.18. The number of ether oxygens (including phenoxy) is 1. The molecule has 0 spiro atoms. The van der Waals surface area contributed by atoms with Crippen molar-refractivity contribution in [3.05, 3.63) is 29.6 Å². The third kappa shape index (κ3) is 3.66. The van der Waals surface area contributed by atoms with E-state index in [4.69, 9.17) is 16.3 Å². The van der Waals surface area contributed by atoms with Crippen LogP contribution in [-0.2, 0) is 21.7 Å². The van der Waals surface area contributed by atoms with Gasteiger partial charge in [-0.3, -0.25) is 0 Å². The monoisotopic (exact) mass is 328 g/mol. The zero-order chi connectivity index (χ0) is 15.6. The van der Waals surface area contributed by atoms with Gasteiger partial charge in [0, 0.05) is 12.7 Å². The number of hydrogen-bond acceptors (Lipinski definition) is 4. The van der Waals surface area contributed by atoms with Crippen LogP contribution < -0.4 is 0 Å². The Bertz CT molecular complexity index is 720. The minimum absolute atomic E-state index is 0.264. The maximum Gasteiger partial charge on any atom is 0.337 e. The van der Waals surface area contributed by atoms with Crippen LogP contribution in [0.25, 0.3) is 11.0 Å². The van der Waals surface area contributed by atoms with Crippen molar-refractivity contribution in [1.82, 2.24) is 9.55 Å². The summed E-state index contributed by atoms with van der Waals surface area (Å²) >= 11 is 5.94. The molecular weight excluding hydrogens is 311 g/mol. The predicted octanol–water partition coefficient (Wildman–Crippen LogP) is 3.18. The summed E-state index contributed by atoms with van der Waals surface area (Å²) in [6.45, 7) is 4.08. The number of halogens is 1. The van der Waals surface area contributed by atoms with Crippen molar-refractivity contribution in [2.24, 2.45) is 0 Å². The van der Waals surface area contributed by atoms with Crippen LogP contribution in [0.15, 0.2) is 18.2 Å². The molecule has 1 aromatic heterocycles. The zero-order valence-corrected chi connectivity index (χ0v) is 13.9. The topological polar surface area (TPSA) is 61.2 Å². The molecule has 0 atom stereocenters. The first-order chi connectivity index (χ1) is 9.85. The van der Waals surface area contributed by atoms with Crippen LogP contribution in [0.3, 0.4) is 0 Å². The van der Waals surface area contributed by atoms with Crippen molar-refractivity contribution in [2.75, 3.05) is 26.6 Å². The lowest BCUT2D eigenvalue weighted by Crippen LogP contribution is -2.07. The molecule has 0 aliphatic rings. The number of nitrogens with zero attached hydrogens (tertiary/aromatic N) is 2. The molecule has 0 saturated heterocycles. The van der Waals surface area contributed by atoms with Gasteiger partial charge in [-0.05, 0) is 31.5 Å². The molecule has 5 nitrogen and oxygen atoms in total. The van der Waals surface area contributed by atoms with E-state index >= 15 is 0 Å². The Morgan fingerprint density at radius 3 is 2.71 bits per heavy atom. The highest BCUT2D eigenvalue weighted by Gasteiger charge is 2.15. The molecule has 1 heterocycles. The van der Waals surface area contributed by atoms with E-state index in [1.165, 1.54) is 7.11 Å². The second-order valence-electron chi connectivity index (χ2n) is 5.31. The van der Waals surface area contributed by atoms with Crippen molar-refractivity contribution < 1.29 is 14.1 Å². The van der Waals surface area contributed by atoms with Gasteiger partial charge in [-0.1, -0.05) is 0 Å². The molecule has 7 heteroatoms. The molecule has 0 unspecified atom stereocenters. The van der Waals surface area contributed by atoms with Gasteiger partial charge in [0.1, 0.15) is 5.82 Å². The molecular formula is C14H18ClN2O3P. The standard InChI is InChI=1S/C14H18ClN2O3P/c1-20-14(18)10-4-5-11-12(8-10)17(13(9-15)16-11)6-7-21(2,3)19/h4-5,8H,6-7,9H2,1-3H3. The maximum atomic E-state index is 11.9. The van der Waals surface area contributed by atoms with E-state index in [0.717, 1.165) is 11.0 Å². The Labute approximate surface area is 128 Å². The molecule has 0 aliphatic heterocycles. The number of hydrogen-bond donors (Lipinski definition) is 0. The highest BCUT2D eigenvalue weighted by Crippen LogP contribution is 2.36. The number of rotatable bonds is 5. The number of aromatic nitrogens is 2. The molecule has 0 radical (unpaired) electrons. The second kappa shape index (κ2) is 6.20. The average molecular weight is 329 g/mol. The summed E-state index contributed by atoms with van der Waals surface area (Å²) in [7, 11) is -0.789. The van der Waals surface area contributed by atoms with Gasteiger partial charge in [0.25, 0.3) is 0 Å². The number of benzene rings is 1. The minimum atomic E-state index is -2.14. The molecule has 0 amide bonds. The Morgan fingerprint density at radius 2 is 2.14 bits per heavy atom. The second-order valence-corrected chi connectivity index (χ2v) is 9.17. The van der Waals surface area contributed by atoms with Crippen molar-refractivity contribution in [3.63, 3.8) is 0 Å². The fourth-order valence-corrected chi connectivity index (χ4v) is 3.00. The number of esters is 1. The van der Waals surface area contributed by atoms with Gasteiger partial charge in [0.05, 0.1) is 36.7 Å². The summed E-state index contributed by atoms with van der Waals surface area (Å²) in [5, 5.41) is 0. The number of methoxy groups -OCH3 is 1. The van der Waals surface area contributed by atoms with Gasteiger partial charge >= 0.3 is 5.97 Å². The minimum Gasteiger partial charge on any atom is -0.465 e. The summed E-state index contributed by atoms with van der Waals surface area (Å²) in [5.41, 5.74) is 2.03. The van der Waals surface area contributed by atoms with E-state index in [-0.39, 0.29) is 5.88 Å². The van der Waals surface area contributed by atoms with Gasteiger partial charge < -0.3 is 13.9 Å². The van der Waals surface area contributed by atoms with Crippen molar-refractivity contribution >= 4 is 35.7 Å². The van der Waals surface area contributed by atoms with Crippen LogP contribution in [0.4, 0.5) is 0 Å². The van der Waals surface area contributed by atoms with E-state index in [0.29, 0.717) is 24.1 Å². The fourth-order valence-electron chi connectivity index (χ4n) is 2.11. The third-order valence-corrected chi connectivity index (χ3v) is 4.75. The lowest BCUT2D eigenvalue weighted by atomic mass is 10.2. The number of carbonyl (C=O) groups is 1. The highest BCUT2D eigenvalue weighted by atomic mass is 35.5. The molecule has 1 aromatic carbocycles. The van der Waals surface area contributed by atoms with E-state index in [1.54, 1.807) is 31.5 Å². The first-order valence-electron chi connectivity index (χ1n) is 6.53. The van der Waals surface area contributed by atoms with Crippen LogP contribution >= 0.6 is 18.7 Å². The molecule has 0 bridgehead atoms. The Hall–Kier alpha value is -1.32. The molecule has 2 rings (SSSR count). The van der Waals surface area contributed by atoms with Crippen LogP contribution in [0.2, 0.25) is 0 Å². The van der Waals surface area contributed by atoms with Gasteiger partial charge in [0.2, 0.25) is 0 Å². The SMILES string of the molecule is COC(=O)c1ccc2nc(CCl)n(CCP(C)(C)=O)c2c1. The lowest BCUT2D eigenvalue weighted by Gasteiger charge is -2.11. The van der Waals surface area contributed by atoms with Crippen LogP contribution in [0.1, 0.15) is 16.2 Å². The Balaban J connectivity index is 2.49. The average Bonchev–Trinajstić information content (AvgIpc) is 2.80. The summed E-state index contributed by atoms with van der Waals surface area (Å²) in [5.74, 6) is 0.579. The summed E-state index contributed by atoms with van der Waals surface area (Å²) in [6.07, 6.45) is 0.560. The molecule has 0 saturated carbocycles. The van der Waals surface area contributed by atoms with E-state index in [1.807, 2.05) is 4.57 Å². The van der Waals surface area contributed by atoms with Gasteiger partial charge in [0.15, 0.2) is 0 Å². The highest BCUT2D eigenvalue weighted by molar-refractivity contribution is 7.62. The van der Waals surface area contributed by atoms with Crippen LogP contribution in [0.5, 0.6) is 0 Å². The molecule has 21 heavy (non-hydrogen) atoms. The number of aryl methyl sites for hydroxylation is 1. The summed E-state index contributed by atoms with van der Waals surface area (Å²) < 4.78 is 18.6. The largest absolute Gasteiger partial charge is 0.465 e. The summed E-state index contributed by atoms with van der Waals surface area (Å²) in [4.78, 5) is 16.1. The molecule has 0 aliphatic carbocycles. The molecule has 0 fully saturated rings. The van der Waals surface area contributed by atoms with Gasteiger partial charge in [-0.2, -0.15) is 0 Å². The number of fused-ring (bicyclic) bond motifs is 1. The van der Waals surface area contributed by atoms with Gasteiger partial charge in [-0.25, -0.2) is 9.78 Å². The Kier molecular flexibility index (Phi) is 4.74. The Morgan fingerprint density at radius 1 is 1.43 bits per heavy atom. The first kappa shape index (κ1) is 16.1. The van der Waals surface area contributed by atoms with Gasteiger partial charge in [-0.15, -0.1) is 11.6 Å². The quantitative estimate of drug-likeness (QED) is 0.480. The van der Waals surface area contributed by atoms with E-state index in [9.17, 15) is 9.36 Å². The number of carbonyl (C=O) groups excluding carboxylic acids is 1. The molecule has 2 aromatic rings. The van der Waals surface area contributed by atoms with E-state index in [2.05, 4.69) is 4.98 Å². The number of alkyl halides is 1. The molecule has 114 valence electrons. The zero-order valence-electron chi connectivity index (χ0n) is 12.3. The maximum absolute atomic E-state index is 11.9.